The molecule has 6 nitrogen and oxygen atoms in total. The lowest BCUT2D eigenvalue weighted by Crippen LogP contribution is -2.41. The van der Waals surface area contributed by atoms with Crippen LogP contribution in [0, 0.1) is 17.7 Å². The summed E-state index contributed by atoms with van der Waals surface area (Å²) in [6.45, 7) is 2.80. The van der Waals surface area contributed by atoms with E-state index < -0.39 is 0 Å². The number of fused-ring (bicyclic) bond motifs is 2. The second-order valence-electron chi connectivity index (χ2n) is 9.32. The first kappa shape index (κ1) is 22.2. The molecular formula is C27H25ClFN5O. The van der Waals surface area contributed by atoms with Crippen LogP contribution in [0.1, 0.15) is 33.7 Å². The Hall–Kier alpha value is -3.26. The molecule has 0 spiro atoms. The number of nitrogens with zero attached hydrogens (tertiary/aromatic N) is 3. The highest BCUT2D eigenvalue weighted by molar-refractivity contribution is 6.30. The van der Waals surface area contributed by atoms with Gasteiger partial charge in [-0.15, -0.1) is 0 Å². The number of aromatic nitrogens is 2. The smallest absolute Gasteiger partial charge is 0.286 e. The Labute approximate surface area is 208 Å². The van der Waals surface area contributed by atoms with E-state index in [0.29, 0.717) is 35.6 Å². The third-order valence-corrected chi connectivity index (χ3v) is 7.23. The molecule has 0 bridgehead atoms. The van der Waals surface area contributed by atoms with Crippen molar-refractivity contribution < 1.29 is 9.18 Å². The molecule has 6 rings (SSSR count). The van der Waals surface area contributed by atoms with E-state index >= 15 is 0 Å². The predicted molar refractivity (Wildman–Crippen MR) is 134 cm³/mol. The Bertz CT molecular complexity index is 1330. The van der Waals surface area contributed by atoms with Gasteiger partial charge in [-0.25, -0.2) is 14.1 Å². The average molecular weight is 490 g/mol. The number of hydrazine groups is 1. The van der Waals surface area contributed by atoms with Crippen LogP contribution < -0.4 is 10.7 Å². The average Bonchev–Trinajstić information content (AvgIpc) is 3.55. The number of hydrogen-bond donors (Lipinski definition) is 2. The van der Waals surface area contributed by atoms with Gasteiger partial charge in [0.1, 0.15) is 5.82 Å². The number of allylic oxidation sites excluding steroid dienone is 1. The van der Waals surface area contributed by atoms with Gasteiger partial charge in [0.05, 0.1) is 11.4 Å². The topological polar surface area (TPSA) is 62.2 Å². The monoisotopic (exact) mass is 489 g/mol. The molecule has 1 aromatic heterocycles. The first-order valence-electron chi connectivity index (χ1n) is 11.8. The molecule has 1 amide bonds. The van der Waals surface area contributed by atoms with E-state index in [9.17, 15) is 9.18 Å². The number of rotatable bonds is 4. The molecule has 1 aliphatic carbocycles. The molecule has 1 saturated heterocycles. The van der Waals surface area contributed by atoms with Crippen molar-refractivity contribution in [2.75, 3.05) is 19.6 Å². The number of amides is 1. The van der Waals surface area contributed by atoms with Crippen LogP contribution in [0.25, 0.3) is 17.3 Å². The highest BCUT2D eigenvalue weighted by atomic mass is 35.5. The number of benzene rings is 2. The van der Waals surface area contributed by atoms with Crippen LogP contribution in [0.4, 0.5) is 4.39 Å². The molecule has 0 radical (unpaired) electrons. The molecule has 8 heteroatoms. The van der Waals surface area contributed by atoms with Crippen molar-refractivity contribution in [3.63, 3.8) is 0 Å². The quantitative estimate of drug-likeness (QED) is 0.531. The summed E-state index contributed by atoms with van der Waals surface area (Å²) < 4.78 is 15.3. The fourth-order valence-corrected chi connectivity index (χ4v) is 5.39. The fourth-order valence-electron chi connectivity index (χ4n) is 5.26. The van der Waals surface area contributed by atoms with E-state index in [1.54, 1.807) is 12.1 Å². The van der Waals surface area contributed by atoms with E-state index in [1.807, 2.05) is 40.0 Å². The van der Waals surface area contributed by atoms with Crippen molar-refractivity contribution in [2.45, 2.75) is 13.0 Å². The molecule has 2 aromatic carbocycles. The maximum absolute atomic E-state index is 13.4. The number of hydrogen-bond acceptors (Lipinski definition) is 4. The Kier molecular flexibility index (Phi) is 5.76. The van der Waals surface area contributed by atoms with Crippen LogP contribution in [0.5, 0.6) is 0 Å². The normalized spacial score (nSPS) is 22.4. The predicted octanol–water partition coefficient (Wildman–Crippen LogP) is 4.46. The van der Waals surface area contributed by atoms with Gasteiger partial charge in [-0.3, -0.25) is 10.2 Å². The van der Waals surface area contributed by atoms with Gasteiger partial charge in [-0.05, 0) is 71.9 Å². The lowest BCUT2D eigenvalue weighted by atomic mass is 9.99. The summed E-state index contributed by atoms with van der Waals surface area (Å²) in [6.07, 6.45) is 7.57. The lowest BCUT2D eigenvalue weighted by molar-refractivity contribution is 0.0811. The maximum Gasteiger partial charge on any atom is 0.286 e. The number of carbonyl (C=O) groups excluding carboxylic acids is 1. The van der Waals surface area contributed by atoms with Gasteiger partial charge in [0.25, 0.3) is 5.91 Å². The largest absolute Gasteiger partial charge is 0.308 e. The van der Waals surface area contributed by atoms with Gasteiger partial charge >= 0.3 is 0 Å². The van der Waals surface area contributed by atoms with E-state index in [2.05, 4.69) is 22.9 Å². The Balaban J connectivity index is 1.39. The molecule has 2 atom stereocenters. The van der Waals surface area contributed by atoms with Crippen LogP contribution in [0.3, 0.4) is 0 Å². The molecule has 2 aliphatic heterocycles. The third-order valence-electron chi connectivity index (χ3n) is 6.98. The van der Waals surface area contributed by atoms with E-state index in [0.717, 1.165) is 47.6 Å². The van der Waals surface area contributed by atoms with Gasteiger partial charge in [-0.2, -0.15) is 5.10 Å². The zero-order valence-electron chi connectivity index (χ0n) is 19.0. The molecule has 1 fully saturated rings. The van der Waals surface area contributed by atoms with E-state index in [-0.39, 0.29) is 11.7 Å². The van der Waals surface area contributed by atoms with Crippen molar-refractivity contribution >= 4 is 29.2 Å². The third kappa shape index (κ3) is 4.31. The second-order valence-corrected chi connectivity index (χ2v) is 9.76. The van der Waals surface area contributed by atoms with Gasteiger partial charge < -0.3 is 5.32 Å². The highest BCUT2D eigenvalue weighted by Crippen LogP contribution is 2.33. The summed E-state index contributed by atoms with van der Waals surface area (Å²) >= 11 is 6.13. The minimum atomic E-state index is -0.277. The van der Waals surface area contributed by atoms with Crippen LogP contribution in [-0.4, -0.2) is 40.3 Å². The zero-order valence-corrected chi connectivity index (χ0v) is 19.8. The minimum Gasteiger partial charge on any atom is -0.308 e. The fraction of sp³-hybridized carbons (Fsp3) is 0.259. The molecule has 3 heterocycles. The standard InChI is InChI=1S/C27H25ClFN5O/c28-21-6-10-23(11-7-21)34-26-20(12-17-4-8-22(29)9-5-17)13-30-14-24(26)25(31-34)27(35)32-33-15-18-2-1-3-19(18)16-33/h1-2,4-12,18-19,30H,3,13-16H2,(H,32,35). The van der Waals surface area contributed by atoms with Crippen LogP contribution in [-0.2, 0) is 6.54 Å². The van der Waals surface area contributed by atoms with E-state index in [4.69, 9.17) is 16.7 Å². The van der Waals surface area contributed by atoms with E-state index in [1.165, 1.54) is 12.1 Å². The van der Waals surface area contributed by atoms with Crippen LogP contribution in [0.2, 0.25) is 5.02 Å². The van der Waals surface area contributed by atoms with Crippen molar-refractivity contribution in [1.82, 2.24) is 25.5 Å². The van der Waals surface area contributed by atoms with Crippen LogP contribution in [0.15, 0.2) is 60.7 Å². The van der Waals surface area contributed by atoms with Gasteiger partial charge in [0.2, 0.25) is 0 Å². The Morgan fingerprint density at radius 2 is 1.91 bits per heavy atom. The molecule has 2 unspecified atom stereocenters. The Morgan fingerprint density at radius 1 is 1.11 bits per heavy atom. The maximum atomic E-state index is 13.4. The molecule has 178 valence electrons. The molecule has 35 heavy (non-hydrogen) atoms. The van der Waals surface area contributed by atoms with Gasteiger partial charge in [0.15, 0.2) is 5.69 Å². The number of halogens is 2. The van der Waals surface area contributed by atoms with Crippen molar-refractivity contribution in [1.29, 1.82) is 0 Å². The summed E-state index contributed by atoms with van der Waals surface area (Å²) in [4.78, 5) is 13.4. The highest BCUT2D eigenvalue weighted by Gasteiger charge is 2.35. The summed E-state index contributed by atoms with van der Waals surface area (Å²) in [5.74, 6) is 0.592. The van der Waals surface area contributed by atoms with Gasteiger partial charge in [-0.1, -0.05) is 35.9 Å². The van der Waals surface area contributed by atoms with Crippen molar-refractivity contribution in [2.24, 2.45) is 11.8 Å². The zero-order chi connectivity index (χ0) is 23.9. The minimum absolute atomic E-state index is 0.206. The summed E-state index contributed by atoms with van der Waals surface area (Å²) in [7, 11) is 0. The molecular weight excluding hydrogens is 465 g/mol. The first-order valence-corrected chi connectivity index (χ1v) is 12.2. The Morgan fingerprint density at radius 3 is 2.69 bits per heavy atom. The lowest BCUT2D eigenvalue weighted by Gasteiger charge is -2.20. The number of nitrogens with one attached hydrogen (secondary N) is 2. The SMILES string of the molecule is O=C(NN1CC2C=CCC2C1)c1nn(-c2ccc(Cl)cc2)c2c1CNCC2=Cc1ccc(F)cc1. The number of carbonyl (C=O) groups is 1. The second kappa shape index (κ2) is 9.07. The van der Waals surface area contributed by atoms with Crippen LogP contribution >= 0.6 is 11.6 Å². The summed E-state index contributed by atoms with van der Waals surface area (Å²) in [5.41, 5.74) is 7.88. The molecule has 3 aliphatic rings. The molecule has 0 saturated carbocycles. The van der Waals surface area contributed by atoms with Crippen molar-refractivity contribution in [3.8, 4) is 5.69 Å². The summed E-state index contributed by atoms with van der Waals surface area (Å²) in [6, 6.07) is 13.8. The van der Waals surface area contributed by atoms with Crippen molar-refractivity contribution in [3.05, 3.63) is 94.0 Å². The molecule has 2 N–H and O–H groups in total. The summed E-state index contributed by atoms with van der Waals surface area (Å²) in [5, 5.41) is 10.8. The van der Waals surface area contributed by atoms with Gasteiger partial charge in [0, 0.05) is 36.8 Å². The first-order chi connectivity index (χ1) is 17.0. The molecule has 3 aromatic rings.